The number of halogens is 1. The smallest absolute Gasteiger partial charge is 0.344 e. The number of hydrogen-bond donors (Lipinski definition) is 0. The van der Waals surface area contributed by atoms with Gasteiger partial charge in [0, 0.05) is 19.2 Å². The van der Waals surface area contributed by atoms with Crippen LogP contribution in [0, 0.1) is 12.7 Å². The van der Waals surface area contributed by atoms with Gasteiger partial charge in [-0.1, -0.05) is 44.2 Å². The standard InChI is InChI=1S/C22H26FNO4/c1-15(2)18-10-9-16(3)11-20(18)27-14-22(26)28-13-21(25)24(4)12-17-7-5-6-8-19(17)23/h5-11,15H,12-14H2,1-4H3. The van der Waals surface area contributed by atoms with E-state index in [1.807, 2.05) is 39.0 Å². The third-order valence-electron chi connectivity index (χ3n) is 4.28. The summed E-state index contributed by atoms with van der Waals surface area (Å²) in [6.45, 7) is 5.42. The molecular weight excluding hydrogens is 361 g/mol. The lowest BCUT2D eigenvalue weighted by Gasteiger charge is -2.18. The van der Waals surface area contributed by atoms with Crippen molar-refractivity contribution in [3.8, 4) is 5.75 Å². The number of nitrogens with zero attached hydrogens (tertiary/aromatic N) is 1. The number of rotatable bonds is 8. The molecule has 0 spiro atoms. The van der Waals surface area contributed by atoms with Crippen LogP contribution in [0.3, 0.4) is 0 Å². The average molecular weight is 387 g/mol. The van der Waals surface area contributed by atoms with E-state index in [0.29, 0.717) is 11.3 Å². The molecule has 0 saturated carbocycles. The monoisotopic (exact) mass is 387 g/mol. The highest BCUT2D eigenvalue weighted by atomic mass is 19.1. The van der Waals surface area contributed by atoms with Crippen molar-refractivity contribution in [1.82, 2.24) is 4.90 Å². The second-order valence-corrected chi connectivity index (χ2v) is 6.99. The van der Waals surface area contributed by atoms with E-state index in [9.17, 15) is 14.0 Å². The summed E-state index contributed by atoms with van der Waals surface area (Å²) in [5.41, 5.74) is 2.42. The van der Waals surface area contributed by atoms with Crippen molar-refractivity contribution < 1.29 is 23.5 Å². The SMILES string of the molecule is Cc1ccc(C(C)C)c(OCC(=O)OCC(=O)N(C)Cc2ccccc2F)c1. The van der Waals surface area contributed by atoms with E-state index < -0.39 is 18.5 Å². The van der Waals surface area contributed by atoms with Gasteiger partial charge >= 0.3 is 5.97 Å². The summed E-state index contributed by atoms with van der Waals surface area (Å²) in [4.78, 5) is 25.4. The van der Waals surface area contributed by atoms with Gasteiger partial charge < -0.3 is 14.4 Å². The van der Waals surface area contributed by atoms with Crippen LogP contribution in [0.25, 0.3) is 0 Å². The summed E-state index contributed by atoms with van der Waals surface area (Å²) in [5, 5.41) is 0. The summed E-state index contributed by atoms with van der Waals surface area (Å²) in [7, 11) is 1.53. The summed E-state index contributed by atoms with van der Waals surface area (Å²) >= 11 is 0. The van der Waals surface area contributed by atoms with Crippen LogP contribution >= 0.6 is 0 Å². The molecular formula is C22H26FNO4. The largest absolute Gasteiger partial charge is 0.482 e. The van der Waals surface area contributed by atoms with Crippen LogP contribution in [-0.4, -0.2) is 37.0 Å². The van der Waals surface area contributed by atoms with E-state index in [2.05, 4.69) is 0 Å². The second kappa shape index (κ2) is 9.88. The number of hydrogen-bond acceptors (Lipinski definition) is 4. The Morgan fingerprint density at radius 3 is 2.50 bits per heavy atom. The number of aryl methyl sites for hydroxylation is 1. The molecule has 150 valence electrons. The van der Waals surface area contributed by atoms with E-state index in [1.165, 1.54) is 18.0 Å². The predicted molar refractivity (Wildman–Crippen MR) is 105 cm³/mol. The van der Waals surface area contributed by atoms with E-state index in [1.54, 1.807) is 18.2 Å². The molecule has 0 heterocycles. The molecule has 1 amide bonds. The topological polar surface area (TPSA) is 55.8 Å². The first kappa shape index (κ1) is 21.4. The lowest BCUT2D eigenvalue weighted by atomic mass is 10.0. The molecule has 0 N–H and O–H groups in total. The highest BCUT2D eigenvalue weighted by Gasteiger charge is 2.15. The molecule has 0 saturated heterocycles. The van der Waals surface area contributed by atoms with Gasteiger partial charge in [-0.2, -0.15) is 0 Å². The highest BCUT2D eigenvalue weighted by molar-refractivity contribution is 5.80. The Balaban J connectivity index is 1.83. The summed E-state index contributed by atoms with van der Waals surface area (Å²) in [6.07, 6.45) is 0. The summed E-state index contributed by atoms with van der Waals surface area (Å²) in [6, 6.07) is 12.1. The number of esters is 1. The van der Waals surface area contributed by atoms with Crippen LogP contribution in [0.1, 0.15) is 36.5 Å². The number of likely N-dealkylation sites (N-methyl/N-ethyl adjacent to an activating group) is 1. The van der Waals surface area contributed by atoms with E-state index >= 15 is 0 Å². The number of amides is 1. The van der Waals surface area contributed by atoms with Crippen molar-refractivity contribution in [2.45, 2.75) is 33.2 Å². The van der Waals surface area contributed by atoms with Crippen molar-refractivity contribution in [3.63, 3.8) is 0 Å². The van der Waals surface area contributed by atoms with Crippen molar-refractivity contribution in [2.24, 2.45) is 0 Å². The van der Waals surface area contributed by atoms with Crippen LogP contribution in [0.2, 0.25) is 0 Å². The van der Waals surface area contributed by atoms with Gasteiger partial charge in [0.05, 0.1) is 0 Å². The molecule has 0 radical (unpaired) electrons. The number of carbonyl (C=O) groups excluding carboxylic acids is 2. The zero-order chi connectivity index (χ0) is 20.7. The minimum absolute atomic E-state index is 0.0978. The van der Waals surface area contributed by atoms with Crippen LogP contribution in [0.5, 0.6) is 5.75 Å². The average Bonchev–Trinajstić information content (AvgIpc) is 2.65. The zero-order valence-corrected chi connectivity index (χ0v) is 16.7. The normalized spacial score (nSPS) is 10.6. The minimum Gasteiger partial charge on any atom is -0.482 e. The van der Waals surface area contributed by atoms with Gasteiger partial charge in [-0.15, -0.1) is 0 Å². The van der Waals surface area contributed by atoms with E-state index in [0.717, 1.165) is 11.1 Å². The molecule has 28 heavy (non-hydrogen) atoms. The van der Waals surface area contributed by atoms with Crippen molar-refractivity contribution in [3.05, 3.63) is 65.0 Å². The molecule has 6 heteroatoms. The lowest BCUT2D eigenvalue weighted by molar-refractivity contribution is -0.153. The molecule has 0 aliphatic carbocycles. The quantitative estimate of drug-likeness (QED) is 0.646. The Bertz CT molecular complexity index is 835. The first-order valence-corrected chi connectivity index (χ1v) is 9.14. The van der Waals surface area contributed by atoms with Crippen LogP contribution in [-0.2, 0) is 20.9 Å². The highest BCUT2D eigenvalue weighted by Crippen LogP contribution is 2.27. The van der Waals surface area contributed by atoms with Gasteiger partial charge in [0.25, 0.3) is 5.91 Å². The molecule has 2 aromatic carbocycles. The van der Waals surface area contributed by atoms with Gasteiger partial charge in [0.15, 0.2) is 13.2 Å². The summed E-state index contributed by atoms with van der Waals surface area (Å²) in [5.74, 6) is -0.555. The zero-order valence-electron chi connectivity index (χ0n) is 16.7. The molecule has 2 aromatic rings. The molecule has 0 aliphatic rings. The predicted octanol–water partition coefficient (Wildman–Crippen LogP) is 3.84. The first-order valence-electron chi connectivity index (χ1n) is 9.14. The molecule has 2 rings (SSSR count). The number of carbonyl (C=O) groups is 2. The second-order valence-electron chi connectivity index (χ2n) is 6.99. The minimum atomic E-state index is -0.635. The van der Waals surface area contributed by atoms with Gasteiger partial charge in [-0.25, -0.2) is 9.18 Å². The van der Waals surface area contributed by atoms with Gasteiger partial charge in [0.1, 0.15) is 11.6 Å². The van der Waals surface area contributed by atoms with Crippen LogP contribution < -0.4 is 4.74 Å². The molecule has 0 aromatic heterocycles. The maximum Gasteiger partial charge on any atom is 0.344 e. The Morgan fingerprint density at radius 2 is 1.82 bits per heavy atom. The maximum atomic E-state index is 13.7. The van der Waals surface area contributed by atoms with Gasteiger partial charge in [-0.05, 0) is 36.1 Å². The number of benzene rings is 2. The van der Waals surface area contributed by atoms with E-state index in [4.69, 9.17) is 9.47 Å². The fraction of sp³-hybridized carbons (Fsp3) is 0.364. The van der Waals surface area contributed by atoms with Gasteiger partial charge in [0.2, 0.25) is 0 Å². The Kier molecular flexibility index (Phi) is 7.55. The van der Waals surface area contributed by atoms with E-state index in [-0.39, 0.29) is 24.9 Å². The lowest BCUT2D eigenvalue weighted by Crippen LogP contribution is -2.32. The Hall–Kier alpha value is -2.89. The molecule has 5 nitrogen and oxygen atoms in total. The molecule has 0 fully saturated rings. The molecule has 0 bridgehead atoms. The Morgan fingerprint density at radius 1 is 1.11 bits per heavy atom. The third kappa shape index (κ3) is 6.08. The van der Waals surface area contributed by atoms with Crippen LogP contribution in [0.15, 0.2) is 42.5 Å². The Labute approximate surface area is 165 Å². The molecule has 0 aliphatic heterocycles. The molecule has 0 unspecified atom stereocenters. The van der Waals surface area contributed by atoms with Crippen molar-refractivity contribution in [2.75, 3.05) is 20.3 Å². The number of ether oxygens (including phenoxy) is 2. The fourth-order valence-corrected chi connectivity index (χ4v) is 2.64. The van der Waals surface area contributed by atoms with Crippen LogP contribution in [0.4, 0.5) is 4.39 Å². The first-order chi connectivity index (χ1) is 13.3. The molecule has 0 atom stereocenters. The third-order valence-corrected chi connectivity index (χ3v) is 4.28. The summed E-state index contributed by atoms with van der Waals surface area (Å²) < 4.78 is 24.3. The van der Waals surface area contributed by atoms with Gasteiger partial charge in [-0.3, -0.25) is 4.79 Å². The van der Waals surface area contributed by atoms with Crippen molar-refractivity contribution >= 4 is 11.9 Å². The fourth-order valence-electron chi connectivity index (χ4n) is 2.64. The van der Waals surface area contributed by atoms with Crippen molar-refractivity contribution in [1.29, 1.82) is 0 Å². The maximum absolute atomic E-state index is 13.7.